The van der Waals surface area contributed by atoms with Crippen LogP contribution in [0.25, 0.3) is 0 Å². The molecule has 2 heterocycles. The molecule has 0 saturated carbocycles. The molecule has 1 amide bonds. The van der Waals surface area contributed by atoms with Gasteiger partial charge in [-0.3, -0.25) is 14.5 Å². The Balaban J connectivity index is 1.96. The van der Waals surface area contributed by atoms with Crippen LogP contribution in [-0.4, -0.2) is 46.6 Å². The number of aliphatic carboxylic acids is 1. The van der Waals surface area contributed by atoms with Gasteiger partial charge >= 0.3 is 5.97 Å². The molecule has 3 unspecified atom stereocenters. The topological polar surface area (TPSA) is 69.6 Å². The van der Waals surface area contributed by atoms with Crippen molar-refractivity contribution < 1.29 is 14.7 Å². The number of carboxylic acids is 1. The van der Waals surface area contributed by atoms with Crippen molar-refractivity contribution in [2.45, 2.75) is 57.2 Å². The van der Waals surface area contributed by atoms with E-state index in [2.05, 4.69) is 16.8 Å². The predicted molar refractivity (Wildman–Crippen MR) is 76.3 cm³/mol. The summed E-state index contributed by atoms with van der Waals surface area (Å²) in [5.74, 6) is -0.400. The first-order chi connectivity index (χ1) is 9.52. The van der Waals surface area contributed by atoms with Crippen molar-refractivity contribution in [1.82, 2.24) is 10.2 Å². The van der Waals surface area contributed by atoms with Crippen molar-refractivity contribution in [3.05, 3.63) is 12.7 Å². The van der Waals surface area contributed by atoms with Crippen molar-refractivity contribution in [3.8, 4) is 0 Å². The molecule has 20 heavy (non-hydrogen) atoms. The molecule has 5 heteroatoms. The Morgan fingerprint density at radius 1 is 1.40 bits per heavy atom. The predicted octanol–water partition coefficient (Wildman–Crippen LogP) is 1.39. The van der Waals surface area contributed by atoms with Gasteiger partial charge in [0.25, 0.3) is 0 Å². The Bertz CT molecular complexity index is 383. The number of carbonyl (C=O) groups is 2. The van der Waals surface area contributed by atoms with Gasteiger partial charge in [-0.1, -0.05) is 6.08 Å². The summed E-state index contributed by atoms with van der Waals surface area (Å²) in [4.78, 5) is 25.2. The maximum absolute atomic E-state index is 12.1. The largest absolute Gasteiger partial charge is 0.481 e. The van der Waals surface area contributed by atoms with Gasteiger partial charge in [-0.15, -0.1) is 6.58 Å². The Kier molecular flexibility index (Phi) is 4.81. The van der Waals surface area contributed by atoms with Crippen LogP contribution in [0.1, 0.15) is 39.0 Å². The smallest absolute Gasteiger partial charge is 0.303 e. The van der Waals surface area contributed by atoms with Crippen LogP contribution in [0.2, 0.25) is 0 Å². The van der Waals surface area contributed by atoms with Crippen LogP contribution in [0.5, 0.6) is 0 Å². The number of rotatable bonds is 6. The third kappa shape index (κ3) is 3.20. The lowest BCUT2D eigenvalue weighted by molar-refractivity contribution is -0.139. The summed E-state index contributed by atoms with van der Waals surface area (Å²) in [6.07, 6.45) is 5.92. The minimum atomic E-state index is -0.709. The number of nitrogens with zero attached hydrogens (tertiary/aromatic N) is 1. The van der Waals surface area contributed by atoms with Crippen LogP contribution in [-0.2, 0) is 9.59 Å². The molecule has 2 bridgehead atoms. The maximum atomic E-state index is 12.1. The lowest BCUT2D eigenvalue weighted by atomic mass is 9.87. The van der Waals surface area contributed by atoms with Gasteiger partial charge in [-0.2, -0.15) is 0 Å². The van der Waals surface area contributed by atoms with Crippen molar-refractivity contribution in [3.63, 3.8) is 0 Å². The number of hydrogen-bond acceptors (Lipinski definition) is 3. The highest BCUT2D eigenvalue weighted by Gasteiger charge is 2.44. The van der Waals surface area contributed by atoms with E-state index in [0.717, 1.165) is 25.7 Å². The van der Waals surface area contributed by atoms with E-state index in [1.165, 1.54) is 0 Å². The second-order valence-corrected chi connectivity index (χ2v) is 5.98. The molecule has 2 aliphatic heterocycles. The van der Waals surface area contributed by atoms with Crippen molar-refractivity contribution in [2.75, 3.05) is 6.54 Å². The first-order valence-electron chi connectivity index (χ1n) is 7.40. The summed E-state index contributed by atoms with van der Waals surface area (Å²) in [6.45, 7) is 6.04. The maximum Gasteiger partial charge on any atom is 0.303 e. The molecule has 0 spiro atoms. The van der Waals surface area contributed by atoms with Crippen LogP contribution in [0.15, 0.2) is 12.7 Å². The van der Waals surface area contributed by atoms with Gasteiger partial charge in [0.05, 0.1) is 6.04 Å². The molecule has 2 fully saturated rings. The Labute approximate surface area is 120 Å². The second kappa shape index (κ2) is 6.39. The zero-order valence-corrected chi connectivity index (χ0v) is 12.0. The Morgan fingerprint density at radius 2 is 2.00 bits per heavy atom. The summed E-state index contributed by atoms with van der Waals surface area (Å²) in [5, 5.41) is 11.8. The summed E-state index contributed by atoms with van der Waals surface area (Å²) in [5.41, 5.74) is 0. The first-order valence-corrected chi connectivity index (χ1v) is 7.40. The van der Waals surface area contributed by atoms with E-state index in [-0.39, 0.29) is 24.3 Å². The molecule has 2 N–H and O–H groups in total. The summed E-state index contributed by atoms with van der Waals surface area (Å²) >= 11 is 0. The van der Waals surface area contributed by atoms with Gasteiger partial charge in [-0.25, -0.2) is 0 Å². The van der Waals surface area contributed by atoms with E-state index in [0.29, 0.717) is 18.6 Å². The molecule has 112 valence electrons. The lowest BCUT2D eigenvalue weighted by Crippen LogP contribution is -2.53. The highest BCUT2D eigenvalue weighted by molar-refractivity contribution is 5.81. The van der Waals surface area contributed by atoms with Gasteiger partial charge in [0.1, 0.15) is 0 Å². The van der Waals surface area contributed by atoms with E-state index in [1.807, 2.05) is 6.92 Å². The zero-order chi connectivity index (χ0) is 14.7. The monoisotopic (exact) mass is 280 g/mol. The second-order valence-electron chi connectivity index (χ2n) is 5.98. The van der Waals surface area contributed by atoms with Crippen molar-refractivity contribution >= 4 is 11.9 Å². The van der Waals surface area contributed by atoms with Crippen LogP contribution < -0.4 is 5.32 Å². The molecule has 0 aromatic rings. The average Bonchev–Trinajstić information content (AvgIpc) is 2.66. The molecule has 2 rings (SSSR count). The number of carboxylic acid groups (broad SMARTS) is 1. The third-order valence-electron chi connectivity index (χ3n) is 4.60. The standard InChI is InChI=1S/C15H24N2O3/c1-3-6-16-15(20)10(2)17-12-4-5-13(17)8-11(7-12)9-14(18)19/h3,10-13H,1,4-9H2,2H3,(H,16,20)(H,18,19). The normalized spacial score (nSPS) is 30.8. The molecule has 0 aromatic heterocycles. The van der Waals surface area contributed by atoms with Gasteiger partial charge in [0.2, 0.25) is 5.91 Å². The molecule has 5 nitrogen and oxygen atoms in total. The third-order valence-corrected chi connectivity index (χ3v) is 4.60. The van der Waals surface area contributed by atoms with Gasteiger partial charge in [-0.05, 0) is 38.5 Å². The number of fused-ring (bicyclic) bond motifs is 2. The van der Waals surface area contributed by atoms with Gasteiger partial charge in [0.15, 0.2) is 0 Å². The minimum absolute atomic E-state index is 0.0403. The first kappa shape index (κ1) is 15.0. The molecular weight excluding hydrogens is 256 g/mol. The van der Waals surface area contributed by atoms with Crippen molar-refractivity contribution in [2.24, 2.45) is 5.92 Å². The van der Waals surface area contributed by atoms with Crippen molar-refractivity contribution in [1.29, 1.82) is 0 Å². The highest BCUT2D eigenvalue weighted by Crippen LogP contribution is 2.41. The fraction of sp³-hybridized carbons (Fsp3) is 0.733. The summed E-state index contributed by atoms with van der Waals surface area (Å²) in [6, 6.07) is 0.586. The Morgan fingerprint density at radius 3 is 2.50 bits per heavy atom. The summed E-state index contributed by atoms with van der Waals surface area (Å²) < 4.78 is 0. The van der Waals surface area contributed by atoms with E-state index in [9.17, 15) is 9.59 Å². The lowest BCUT2D eigenvalue weighted by Gasteiger charge is -2.41. The van der Waals surface area contributed by atoms with Crippen LogP contribution in [0, 0.1) is 5.92 Å². The number of hydrogen-bond donors (Lipinski definition) is 2. The number of nitrogens with one attached hydrogen (secondary N) is 1. The number of carbonyl (C=O) groups excluding carboxylic acids is 1. The van der Waals surface area contributed by atoms with Crippen LogP contribution in [0.3, 0.4) is 0 Å². The van der Waals surface area contributed by atoms with Crippen LogP contribution in [0.4, 0.5) is 0 Å². The molecule has 0 radical (unpaired) electrons. The number of piperidine rings is 1. The SMILES string of the molecule is C=CCNC(=O)C(C)N1C2CCC1CC(CC(=O)O)C2. The van der Waals surface area contributed by atoms with E-state index >= 15 is 0 Å². The highest BCUT2D eigenvalue weighted by atomic mass is 16.4. The zero-order valence-electron chi connectivity index (χ0n) is 12.0. The molecule has 0 aromatic carbocycles. The number of amides is 1. The minimum Gasteiger partial charge on any atom is -0.481 e. The fourth-order valence-corrected chi connectivity index (χ4v) is 3.83. The molecule has 2 aliphatic rings. The molecular formula is C15H24N2O3. The average molecular weight is 280 g/mol. The molecule has 2 saturated heterocycles. The molecule has 3 atom stereocenters. The van der Waals surface area contributed by atoms with Crippen LogP contribution >= 0.6 is 0 Å². The molecule has 0 aliphatic carbocycles. The van der Waals surface area contributed by atoms with Gasteiger partial charge in [0, 0.05) is 25.0 Å². The van der Waals surface area contributed by atoms with Gasteiger partial charge < -0.3 is 10.4 Å². The van der Waals surface area contributed by atoms with E-state index in [4.69, 9.17) is 5.11 Å². The fourth-order valence-electron chi connectivity index (χ4n) is 3.83. The van der Waals surface area contributed by atoms with E-state index in [1.54, 1.807) is 6.08 Å². The van der Waals surface area contributed by atoms with E-state index < -0.39 is 5.97 Å². The summed E-state index contributed by atoms with van der Waals surface area (Å²) in [7, 11) is 0. The quantitative estimate of drug-likeness (QED) is 0.722. The Hall–Kier alpha value is -1.36.